The number of rotatable bonds is 3. The molecule has 1 heterocycles. The highest BCUT2D eigenvalue weighted by molar-refractivity contribution is 7.78. The lowest BCUT2D eigenvalue weighted by Gasteiger charge is -1.91. The Morgan fingerprint density at radius 3 is 2.92 bits per heavy atom. The van der Waals surface area contributed by atoms with E-state index in [1.165, 1.54) is 0 Å². The first-order chi connectivity index (χ1) is 6.20. The number of hydrogen-bond donors (Lipinski definition) is 0. The number of thiophene rings is 1. The maximum Gasteiger partial charge on any atom is 0.204 e. The second-order valence-electron chi connectivity index (χ2n) is 2.41. The van der Waals surface area contributed by atoms with E-state index in [9.17, 15) is 4.39 Å². The van der Waals surface area contributed by atoms with Crippen LogP contribution in [0.3, 0.4) is 0 Å². The lowest BCUT2D eigenvalue weighted by Crippen LogP contribution is -1.75. The minimum absolute atomic E-state index is 0.130. The lowest BCUT2D eigenvalue weighted by atomic mass is 10.3. The average molecular weight is 236 g/mol. The predicted octanol–water partition coefficient (Wildman–Crippen LogP) is 4.23. The van der Waals surface area contributed by atoms with Crippen molar-refractivity contribution < 1.29 is 4.39 Å². The number of hydrogen-bond acceptors (Lipinski definition) is 3. The van der Waals surface area contributed by atoms with Crippen molar-refractivity contribution in [2.24, 2.45) is 4.99 Å². The molecule has 0 spiro atoms. The first kappa shape index (κ1) is 10.8. The summed E-state index contributed by atoms with van der Waals surface area (Å²) in [5.41, 5.74) is 0.130. The van der Waals surface area contributed by atoms with Gasteiger partial charge in [-0.1, -0.05) is 24.9 Å². The summed E-state index contributed by atoms with van der Waals surface area (Å²) in [5, 5.41) is 2.10. The van der Waals surface area contributed by atoms with Crippen molar-refractivity contribution in [2.75, 3.05) is 0 Å². The predicted molar refractivity (Wildman–Crippen MR) is 58.0 cm³/mol. The van der Waals surface area contributed by atoms with Crippen LogP contribution in [0.4, 0.5) is 10.1 Å². The number of aliphatic imine (C=N–C) groups is 1. The molecule has 0 aromatic carbocycles. The van der Waals surface area contributed by atoms with Crippen LogP contribution in [0.15, 0.2) is 4.99 Å². The number of nitrogens with zero attached hydrogens (tertiary/aromatic N) is 1. The molecule has 1 aromatic heterocycles. The lowest BCUT2D eigenvalue weighted by molar-refractivity contribution is 0.659. The highest BCUT2D eigenvalue weighted by Crippen LogP contribution is 2.38. The number of thiocarbonyl (C=S) groups is 1. The smallest absolute Gasteiger partial charge is 0.193 e. The van der Waals surface area contributed by atoms with Gasteiger partial charge in [-0.3, -0.25) is 0 Å². The molecule has 0 aliphatic rings. The zero-order chi connectivity index (χ0) is 9.84. The topological polar surface area (TPSA) is 12.4 Å². The normalized spacial score (nSPS) is 9.77. The summed E-state index contributed by atoms with van der Waals surface area (Å²) >= 11 is 11.3. The van der Waals surface area contributed by atoms with Crippen molar-refractivity contribution >= 4 is 46.0 Å². The van der Waals surface area contributed by atoms with Gasteiger partial charge in [-0.25, -0.2) is 0 Å². The number of isothiocyanates is 1. The van der Waals surface area contributed by atoms with E-state index in [2.05, 4.69) is 22.4 Å². The molecule has 70 valence electrons. The molecule has 0 aliphatic heterocycles. The van der Waals surface area contributed by atoms with Crippen LogP contribution in [0.5, 0.6) is 0 Å². The van der Waals surface area contributed by atoms with E-state index in [0.717, 1.165) is 29.1 Å². The van der Waals surface area contributed by atoms with Gasteiger partial charge in [0.15, 0.2) is 0 Å². The fourth-order valence-corrected chi connectivity index (χ4v) is 2.38. The molecule has 0 saturated carbocycles. The highest BCUT2D eigenvalue weighted by Gasteiger charge is 2.15. The Morgan fingerprint density at radius 2 is 2.38 bits per heavy atom. The van der Waals surface area contributed by atoms with Crippen LogP contribution in [0.2, 0.25) is 5.02 Å². The third-order valence-corrected chi connectivity index (χ3v) is 3.12. The Kier molecular flexibility index (Phi) is 4.00. The van der Waals surface area contributed by atoms with Crippen LogP contribution in [0.25, 0.3) is 0 Å². The molecule has 0 amide bonds. The summed E-state index contributed by atoms with van der Waals surface area (Å²) in [6, 6.07) is 0. The van der Waals surface area contributed by atoms with E-state index in [1.54, 1.807) is 0 Å². The zero-order valence-corrected chi connectivity index (χ0v) is 9.32. The van der Waals surface area contributed by atoms with Crippen LogP contribution in [0, 0.1) is 5.13 Å². The third-order valence-electron chi connectivity index (χ3n) is 1.49. The van der Waals surface area contributed by atoms with Crippen molar-refractivity contribution in [2.45, 2.75) is 19.8 Å². The highest BCUT2D eigenvalue weighted by atomic mass is 35.5. The van der Waals surface area contributed by atoms with E-state index >= 15 is 0 Å². The molecular formula is C8H7ClFNS2. The molecule has 0 aliphatic carbocycles. The molecule has 0 bridgehead atoms. The van der Waals surface area contributed by atoms with Gasteiger partial charge in [0, 0.05) is 4.88 Å². The molecule has 0 N–H and O–H groups in total. The van der Waals surface area contributed by atoms with Crippen molar-refractivity contribution in [3.8, 4) is 0 Å². The summed E-state index contributed by atoms with van der Waals surface area (Å²) in [6.45, 7) is 2.01. The summed E-state index contributed by atoms with van der Waals surface area (Å²) in [7, 11) is 0. The fourth-order valence-electron chi connectivity index (χ4n) is 0.946. The van der Waals surface area contributed by atoms with E-state index in [4.69, 9.17) is 11.6 Å². The molecule has 0 atom stereocenters. The maximum absolute atomic E-state index is 13.1. The van der Waals surface area contributed by atoms with Gasteiger partial charge >= 0.3 is 0 Å². The average Bonchev–Trinajstić information content (AvgIpc) is 2.34. The second kappa shape index (κ2) is 4.82. The Balaban J connectivity index is 3.13. The maximum atomic E-state index is 13.1. The molecule has 13 heavy (non-hydrogen) atoms. The van der Waals surface area contributed by atoms with Crippen molar-refractivity contribution in [1.29, 1.82) is 0 Å². The Bertz CT molecular complexity index is 355. The van der Waals surface area contributed by atoms with Gasteiger partial charge in [0.1, 0.15) is 5.69 Å². The first-order valence-corrected chi connectivity index (χ1v) is 5.35. The van der Waals surface area contributed by atoms with E-state index in [0.29, 0.717) is 5.02 Å². The van der Waals surface area contributed by atoms with E-state index < -0.39 is 0 Å². The molecular weight excluding hydrogens is 229 g/mol. The monoisotopic (exact) mass is 235 g/mol. The molecule has 0 fully saturated rings. The number of aryl methyl sites for hydroxylation is 1. The van der Waals surface area contributed by atoms with Crippen LogP contribution < -0.4 is 0 Å². The van der Waals surface area contributed by atoms with Crippen molar-refractivity contribution in [1.82, 2.24) is 0 Å². The summed E-state index contributed by atoms with van der Waals surface area (Å²) < 4.78 is 13.1. The van der Waals surface area contributed by atoms with Gasteiger partial charge in [0.25, 0.3) is 0 Å². The van der Waals surface area contributed by atoms with Gasteiger partial charge in [-0.2, -0.15) is 9.38 Å². The SMILES string of the molecule is CCCc1sc(F)c(N=C=S)c1Cl. The van der Waals surface area contributed by atoms with Gasteiger partial charge in [-0.15, -0.1) is 11.3 Å². The van der Waals surface area contributed by atoms with Crippen LogP contribution in [-0.4, -0.2) is 5.16 Å². The minimum Gasteiger partial charge on any atom is -0.193 e. The standard InChI is InChI=1S/C8H7ClFNS2/c1-2-3-5-6(9)7(11-4-12)8(10)13-5/h2-3H2,1H3. The van der Waals surface area contributed by atoms with Crippen LogP contribution in [0.1, 0.15) is 18.2 Å². The van der Waals surface area contributed by atoms with Gasteiger partial charge in [0.2, 0.25) is 5.13 Å². The van der Waals surface area contributed by atoms with Gasteiger partial charge < -0.3 is 0 Å². The summed E-state index contributed by atoms with van der Waals surface area (Å²) in [5.74, 6) is 0. The molecule has 0 radical (unpaired) electrons. The molecule has 1 aromatic rings. The summed E-state index contributed by atoms with van der Waals surface area (Å²) in [6.07, 6.45) is 1.70. The molecule has 0 saturated heterocycles. The minimum atomic E-state index is -0.384. The van der Waals surface area contributed by atoms with Gasteiger partial charge in [-0.05, 0) is 18.6 Å². The fraction of sp³-hybridized carbons (Fsp3) is 0.375. The first-order valence-electron chi connectivity index (χ1n) is 3.75. The van der Waals surface area contributed by atoms with Crippen molar-refractivity contribution in [3.63, 3.8) is 0 Å². The second-order valence-corrected chi connectivity index (χ2v) is 4.03. The molecule has 5 heteroatoms. The largest absolute Gasteiger partial charge is 0.204 e. The van der Waals surface area contributed by atoms with Crippen molar-refractivity contribution in [3.05, 3.63) is 15.0 Å². The zero-order valence-electron chi connectivity index (χ0n) is 6.93. The number of halogens is 2. The van der Waals surface area contributed by atoms with Gasteiger partial charge in [0.05, 0.1) is 10.2 Å². The Morgan fingerprint density at radius 1 is 1.69 bits per heavy atom. The molecule has 1 nitrogen and oxygen atoms in total. The Hall–Kier alpha value is -0.280. The molecule has 0 unspecified atom stereocenters. The summed E-state index contributed by atoms with van der Waals surface area (Å²) in [4.78, 5) is 4.40. The third kappa shape index (κ3) is 2.35. The quantitative estimate of drug-likeness (QED) is 0.564. The Labute approximate surface area is 90.3 Å². The molecule has 1 rings (SSSR count). The van der Waals surface area contributed by atoms with Crippen LogP contribution >= 0.6 is 35.2 Å². The van der Waals surface area contributed by atoms with Crippen LogP contribution in [-0.2, 0) is 6.42 Å². The van der Waals surface area contributed by atoms with E-state index in [1.807, 2.05) is 6.92 Å². The van der Waals surface area contributed by atoms with E-state index in [-0.39, 0.29) is 10.8 Å².